The van der Waals surface area contributed by atoms with Gasteiger partial charge in [0.1, 0.15) is 0 Å². The van der Waals surface area contributed by atoms with Gasteiger partial charge in [0.2, 0.25) is 5.91 Å². The maximum Gasteiger partial charge on any atom is 0.244 e. The molecule has 1 rings (SSSR count). The number of hydrogen-bond donors (Lipinski definition) is 2. The normalized spacial score (nSPS) is 20.5. The van der Waals surface area contributed by atoms with Crippen LogP contribution >= 0.6 is 0 Å². The molecule has 3 nitrogen and oxygen atoms in total. The van der Waals surface area contributed by atoms with Crippen molar-refractivity contribution in [1.29, 1.82) is 0 Å². The van der Waals surface area contributed by atoms with Crippen molar-refractivity contribution in [2.24, 2.45) is 0 Å². The van der Waals surface area contributed by atoms with Gasteiger partial charge in [0.05, 0.1) is 12.1 Å². The van der Waals surface area contributed by atoms with Crippen LogP contribution in [0.5, 0.6) is 0 Å². The van der Waals surface area contributed by atoms with Crippen molar-refractivity contribution in [3.05, 3.63) is 12.2 Å². The van der Waals surface area contributed by atoms with Gasteiger partial charge < -0.3 is 10.4 Å². The lowest BCUT2D eigenvalue weighted by Gasteiger charge is -2.40. The highest BCUT2D eigenvalue weighted by Gasteiger charge is 2.37. The van der Waals surface area contributed by atoms with Crippen LogP contribution in [0, 0.1) is 0 Å². The van der Waals surface area contributed by atoms with E-state index in [1.54, 1.807) is 13.0 Å². The highest BCUT2D eigenvalue weighted by Crippen LogP contribution is 2.30. The van der Waals surface area contributed by atoms with Gasteiger partial charge in [-0.15, -0.1) is 0 Å². The summed E-state index contributed by atoms with van der Waals surface area (Å²) in [5.41, 5.74) is -0.309. The second kappa shape index (κ2) is 3.72. The summed E-state index contributed by atoms with van der Waals surface area (Å²) in [4.78, 5) is 11.1. The van der Waals surface area contributed by atoms with Gasteiger partial charge in [0.15, 0.2) is 0 Å². The van der Waals surface area contributed by atoms with Crippen LogP contribution in [-0.2, 0) is 4.79 Å². The highest BCUT2D eigenvalue weighted by molar-refractivity contribution is 5.88. The van der Waals surface area contributed by atoms with Gasteiger partial charge in [0.25, 0.3) is 0 Å². The molecule has 0 radical (unpaired) electrons. The molecule has 0 aliphatic heterocycles. The number of carbonyl (C=O) groups excluding carboxylic acids is 1. The van der Waals surface area contributed by atoms with Crippen LogP contribution in [0.15, 0.2) is 12.2 Å². The van der Waals surface area contributed by atoms with Gasteiger partial charge in [-0.2, -0.15) is 0 Å². The zero-order valence-corrected chi connectivity index (χ0v) is 7.34. The molecule has 1 fully saturated rings. The number of allylic oxidation sites excluding steroid dienone is 1. The van der Waals surface area contributed by atoms with E-state index in [-0.39, 0.29) is 18.1 Å². The third-order valence-electron chi connectivity index (χ3n) is 2.32. The number of rotatable bonds is 3. The van der Waals surface area contributed by atoms with Gasteiger partial charge >= 0.3 is 0 Å². The lowest BCUT2D eigenvalue weighted by Crippen LogP contribution is -2.55. The third-order valence-corrected chi connectivity index (χ3v) is 2.32. The lowest BCUT2D eigenvalue weighted by molar-refractivity contribution is -0.120. The van der Waals surface area contributed by atoms with Gasteiger partial charge in [0, 0.05) is 0 Å². The van der Waals surface area contributed by atoms with E-state index in [0.717, 1.165) is 19.3 Å². The van der Waals surface area contributed by atoms with Crippen molar-refractivity contribution in [3.63, 3.8) is 0 Å². The fourth-order valence-corrected chi connectivity index (χ4v) is 1.38. The first-order valence-electron chi connectivity index (χ1n) is 4.28. The van der Waals surface area contributed by atoms with E-state index in [9.17, 15) is 4.79 Å². The minimum absolute atomic E-state index is 0.0519. The van der Waals surface area contributed by atoms with Crippen molar-refractivity contribution in [1.82, 2.24) is 5.32 Å². The quantitative estimate of drug-likeness (QED) is 0.608. The fraction of sp³-hybridized carbons (Fsp3) is 0.667. The van der Waals surface area contributed by atoms with E-state index in [4.69, 9.17) is 5.11 Å². The Morgan fingerprint density at radius 3 is 2.67 bits per heavy atom. The third kappa shape index (κ3) is 1.85. The Labute approximate surface area is 72.5 Å². The molecule has 0 heterocycles. The van der Waals surface area contributed by atoms with Crippen LogP contribution < -0.4 is 5.32 Å². The fourth-order valence-electron chi connectivity index (χ4n) is 1.38. The summed E-state index contributed by atoms with van der Waals surface area (Å²) in [5.74, 6) is -0.105. The number of amides is 1. The molecule has 0 bridgehead atoms. The lowest BCUT2D eigenvalue weighted by atomic mass is 9.77. The van der Waals surface area contributed by atoms with Crippen LogP contribution in [-0.4, -0.2) is 23.2 Å². The largest absolute Gasteiger partial charge is 0.394 e. The van der Waals surface area contributed by atoms with Crippen LogP contribution in [0.3, 0.4) is 0 Å². The molecule has 2 N–H and O–H groups in total. The molecular weight excluding hydrogens is 154 g/mol. The minimum atomic E-state index is -0.309. The minimum Gasteiger partial charge on any atom is -0.394 e. The Hall–Kier alpha value is -0.830. The molecule has 1 saturated carbocycles. The Bertz CT molecular complexity index is 189. The van der Waals surface area contributed by atoms with Gasteiger partial charge in [-0.05, 0) is 32.3 Å². The summed E-state index contributed by atoms with van der Waals surface area (Å²) in [6.45, 7) is 1.85. The maximum absolute atomic E-state index is 11.1. The SMILES string of the molecule is C/C=C/C(=O)NC1(CO)CCC1. The number of aliphatic hydroxyl groups excluding tert-OH is 1. The summed E-state index contributed by atoms with van der Waals surface area (Å²) in [5, 5.41) is 11.8. The molecule has 0 aromatic heterocycles. The average Bonchev–Trinajstić information content (AvgIpc) is 1.97. The molecule has 0 aromatic carbocycles. The molecule has 1 amide bonds. The number of aliphatic hydroxyl groups is 1. The summed E-state index contributed by atoms with van der Waals surface area (Å²) in [6, 6.07) is 0. The van der Waals surface area contributed by atoms with E-state index >= 15 is 0 Å². The van der Waals surface area contributed by atoms with Crippen molar-refractivity contribution in [3.8, 4) is 0 Å². The predicted octanol–water partition coefficient (Wildman–Crippen LogP) is 0.594. The predicted molar refractivity (Wildman–Crippen MR) is 46.6 cm³/mol. The molecule has 12 heavy (non-hydrogen) atoms. The van der Waals surface area contributed by atoms with E-state index in [1.165, 1.54) is 6.08 Å². The summed E-state index contributed by atoms with van der Waals surface area (Å²) < 4.78 is 0. The van der Waals surface area contributed by atoms with Crippen LogP contribution in [0.1, 0.15) is 26.2 Å². The van der Waals surface area contributed by atoms with E-state index < -0.39 is 0 Å². The van der Waals surface area contributed by atoms with Gasteiger partial charge in [-0.3, -0.25) is 4.79 Å². The van der Waals surface area contributed by atoms with E-state index in [1.807, 2.05) is 0 Å². The Kier molecular flexibility index (Phi) is 2.87. The monoisotopic (exact) mass is 169 g/mol. The number of hydrogen-bond acceptors (Lipinski definition) is 2. The summed E-state index contributed by atoms with van der Waals surface area (Å²) in [7, 11) is 0. The molecule has 68 valence electrons. The van der Waals surface area contributed by atoms with Gasteiger partial charge in [-0.1, -0.05) is 6.08 Å². The molecule has 0 saturated heterocycles. The van der Waals surface area contributed by atoms with Crippen molar-refractivity contribution in [2.75, 3.05) is 6.61 Å². The molecule has 0 unspecified atom stereocenters. The maximum atomic E-state index is 11.1. The first kappa shape index (κ1) is 9.26. The van der Waals surface area contributed by atoms with Gasteiger partial charge in [-0.25, -0.2) is 0 Å². The van der Waals surface area contributed by atoms with Crippen molar-refractivity contribution >= 4 is 5.91 Å². The standard InChI is InChI=1S/C9H15NO2/c1-2-4-8(12)10-9(7-11)5-3-6-9/h2,4,11H,3,5-7H2,1H3,(H,10,12)/b4-2+. The Morgan fingerprint density at radius 2 is 2.33 bits per heavy atom. The van der Waals surface area contributed by atoms with Crippen LogP contribution in [0.25, 0.3) is 0 Å². The molecule has 0 atom stereocenters. The highest BCUT2D eigenvalue weighted by atomic mass is 16.3. The van der Waals surface area contributed by atoms with Crippen molar-refractivity contribution < 1.29 is 9.90 Å². The molecule has 0 aromatic rings. The number of nitrogens with one attached hydrogen (secondary N) is 1. The zero-order chi connectivity index (χ0) is 9.03. The Morgan fingerprint density at radius 1 is 1.67 bits per heavy atom. The zero-order valence-electron chi connectivity index (χ0n) is 7.34. The first-order chi connectivity index (χ1) is 5.72. The van der Waals surface area contributed by atoms with E-state index in [2.05, 4.69) is 5.32 Å². The second-order valence-electron chi connectivity index (χ2n) is 3.28. The smallest absolute Gasteiger partial charge is 0.244 e. The van der Waals surface area contributed by atoms with Crippen molar-refractivity contribution in [2.45, 2.75) is 31.7 Å². The van der Waals surface area contributed by atoms with Crippen LogP contribution in [0.4, 0.5) is 0 Å². The topological polar surface area (TPSA) is 49.3 Å². The number of carbonyl (C=O) groups is 1. The van der Waals surface area contributed by atoms with E-state index in [0.29, 0.717) is 0 Å². The molecule has 3 heteroatoms. The van der Waals surface area contributed by atoms with Crippen LogP contribution in [0.2, 0.25) is 0 Å². The molecule has 0 spiro atoms. The average molecular weight is 169 g/mol. The first-order valence-corrected chi connectivity index (χ1v) is 4.28. The molecule has 1 aliphatic rings. The summed E-state index contributed by atoms with van der Waals surface area (Å²) in [6.07, 6.45) is 6.06. The molecular formula is C9H15NO2. The Balaban J connectivity index is 2.42. The molecule has 1 aliphatic carbocycles. The summed E-state index contributed by atoms with van der Waals surface area (Å²) >= 11 is 0. The second-order valence-corrected chi connectivity index (χ2v) is 3.28.